The summed E-state index contributed by atoms with van der Waals surface area (Å²) >= 11 is 3.37. The third-order valence-electron chi connectivity index (χ3n) is 2.98. The maximum Gasteiger partial charge on any atom is 0.244 e. The molecule has 3 N–H and O–H groups in total. The quantitative estimate of drug-likeness (QED) is 0.868. The normalized spacial score (nSPS) is 17.1. The molecule has 0 spiro atoms. The van der Waals surface area contributed by atoms with Gasteiger partial charge in [0.15, 0.2) is 0 Å². The summed E-state index contributed by atoms with van der Waals surface area (Å²) in [6.07, 6.45) is 3.20. The van der Waals surface area contributed by atoms with Crippen molar-refractivity contribution in [1.29, 1.82) is 0 Å². The Morgan fingerprint density at radius 2 is 2.21 bits per heavy atom. The lowest BCUT2D eigenvalue weighted by molar-refractivity contribution is -0.135. The standard InChI is InChI=1S/C12H17BrN4O2/c1-8(12(18)17-2-4-19-5-3-17)16-11-9(13)6-15-7-10(11)14/h6-8H,2-5,14H2,1H3,(H,15,16). The lowest BCUT2D eigenvalue weighted by atomic mass is 10.2. The highest BCUT2D eigenvalue weighted by molar-refractivity contribution is 9.10. The van der Waals surface area contributed by atoms with Crippen LogP contribution in [0, 0.1) is 0 Å². The maximum absolute atomic E-state index is 12.3. The molecule has 2 heterocycles. The second kappa shape index (κ2) is 6.21. The van der Waals surface area contributed by atoms with Crippen LogP contribution in [0.4, 0.5) is 11.4 Å². The van der Waals surface area contributed by atoms with Gasteiger partial charge < -0.3 is 20.7 Å². The van der Waals surface area contributed by atoms with Crippen molar-refractivity contribution in [2.45, 2.75) is 13.0 Å². The van der Waals surface area contributed by atoms with Gasteiger partial charge in [-0.1, -0.05) is 0 Å². The zero-order valence-corrected chi connectivity index (χ0v) is 12.3. The summed E-state index contributed by atoms with van der Waals surface area (Å²) in [6.45, 7) is 4.29. The number of morpholine rings is 1. The molecule has 7 heteroatoms. The summed E-state index contributed by atoms with van der Waals surface area (Å²) in [5.41, 5.74) is 7.06. The van der Waals surface area contributed by atoms with Gasteiger partial charge in [0.05, 0.1) is 35.3 Å². The Morgan fingerprint density at radius 3 is 2.84 bits per heavy atom. The van der Waals surface area contributed by atoms with Crippen molar-refractivity contribution in [1.82, 2.24) is 9.88 Å². The van der Waals surface area contributed by atoms with Gasteiger partial charge in [0.25, 0.3) is 0 Å². The van der Waals surface area contributed by atoms with Crippen LogP contribution in [0.1, 0.15) is 6.92 Å². The van der Waals surface area contributed by atoms with Gasteiger partial charge in [-0.25, -0.2) is 0 Å². The minimum Gasteiger partial charge on any atom is -0.396 e. The number of nitrogens with one attached hydrogen (secondary N) is 1. The number of carbonyl (C=O) groups excluding carboxylic acids is 1. The molecule has 2 rings (SSSR count). The monoisotopic (exact) mass is 328 g/mol. The zero-order valence-electron chi connectivity index (χ0n) is 10.7. The minimum atomic E-state index is -0.348. The van der Waals surface area contributed by atoms with E-state index in [4.69, 9.17) is 10.5 Å². The molecule has 1 atom stereocenters. The number of halogens is 1. The molecule has 1 aromatic heterocycles. The number of hydrogen-bond donors (Lipinski definition) is 2. The van der Waals surface area contributed by atoms with Crippen molar-refractivity contribution in [3.8, 4) is 0 Å². The molecule has 1 aliphatic heterocycles. The highest BCUT2D eigenvalue weighted by Gasteiger charge is 2.23. The Bertz CT molecular complexity index is 443. The van der Waals surface area contributed by atoms with E-state index in [0.29, 0.717) is 37.7 Å². The Hall–Kier alpha value is -1.34. The molecule has 0 aliphatic carbocycles. The fourth-order valence-electron chi connectivity index (χ4n) is 1.94. The third-order valence-corrected chi connectivity index (χ3v) is 3.58. The molecule has 1 aromatic rings. The van der Waals surface area contributed by atoms with E-state index < -0.39 is 0 Å². The lowest BCUT2D eigenvalue weighted by Crippen LogP contribution is -2.47. The summed E-state index contributed by atoms with van der Waals surface area (Å²) in [4.78, 5) is 18.0. The number of rotatable bonds is 3. The molecule has 1 unspecified atom stereocenters. The highest BCUT2D eigenvalue weighted by Crippen LogP contribution is 2.27. The first kappa shape index (κ1) is 14.1. The van der Waals surface area contributed by atoms with Crippen LogP contribution in [0.15, 0.2) is 16.9 Å². The van der Waals surface area contributed by atoms with E-state index in [9.17, 15) is 4.79 Å². The minimum absolute atomic E-state index is 0.0476. The molecular weight excluding hydrogens is 312 g/mol. The van der Waals surface area contributed by atoms with E-state index in [-0.39, 0.29) is 11.9 Å². The SMILES string of the molecule is CC(Nc1c(N)cncc1Br)C(=O)N1CCOCC1. The number of nitrogen functional groups attached to an aromatic ring is 1. The van der Waals surface area contributed by atoms with Crippen LogP contribution >= 0.6 is 15.9 Å². The second-order valence-corrected chi connectivity index (χ2v) is 5.24. The summed E-state index contributed by atoms with van der Waals surface area (Å²) in [5, 5.41) is 3.13. The first-order valence-electron chi connectivity index (χ1n) is 6.11. The van der Waals surface area contributed by atoms with Gasteiger partial charge in [-0.05, 0) is 22.9 Å². The predicted octanol–water partition coefficient (Wildman–Crippen LogP) is 1.09. The molecule has 6 nitrogen and oxygen atoms in total. The number of carbonyl (C=O) groups is 1. The number of pyridine rings is 1. The van der Waals surface area contributed by atoms with Crippen LogP contribution in [0.2, 0.25) is 0 Å². The summed E-state index contributed by atoms with van der Waals surface area (Å²) in [6, 6.07) is -0.348. The van der Waals surface area contributed by atoms with Crippen molar-refractivity contribution in [3.05, 3.63) is 16.9 Å². The molecule has 104 valence electrons. The van der Waals surface area contributed by atoms with Crippen LogP contribution in [0.3, 0.4) is 0 Å². The van der Waals surface area contributed by atoms with E-state index in [2.05, 4.69) is 26.2 Å². The molecular formula is C12H17BrN4O2. The van der Waals surface area contributed by atoms with Gasteiger partial charge >= 0.3 is 0 Å². The molecule has 0 aromatic carbocycles. The lowest BCUT2D eigenvalue weighted by Gasteiger charge is -2.30. The number of anilines is 2. The van der Waals surface area contributed by atoms with E-state index in [1.54, 1.807) is 17.3 Å². The summed E-state index contributed by atoms with van der Waals surface area (Å²) < 4.78 is 5.98. The van der Waals surface area contributed by atoms with E-state index in [1.165, 1.54) is 0 Å². The average Bonchev–Trinajstić information content (AvgIpc) is 2.43. The van der Waals surface area contributed by atoms with Gasteiger partial charge in [0.2, 0.25) is 5.91 Å². The maximum atomic E-state index is 12.3. The fourth-order valence-corrected chi connectivity index (χ4v) is 2.40. The largest absolute Gasteiger partial charge is 0.396 e. The third kappa shape index (κ3) is 3.36. The van der Waals surface area contributed by atoms with Gasteiger partial charge in [0.1, 0.15) is 6.04 Å². The number of amides is 1. The average molecular weight is 329 g/mol. The van der Waals surface area contributed by atoms with Crippen LogP contribution in [-0.2, 0) is 9.53 Å². The van der Waals surface area contributed by atoms with Crippen LogP contribution in [-0.4, -0.2) is 48.1 Å². The van der Waals surface area contributed by atoms with Gasteiger partial charge in [-0.3, -0.25) is 9.78 Å². The molecule has 1 aliphatic rings. The van der Waals surface area contributed by atoms with Gasteiger partial charge in [-0.2, -0.15) is 0 Å². The molecule has 0 bridgehead atoms. The van der Waals surface area contributed by atoms with Crippen molar-refractivity contribution < 1.29 is 9.53 Å². The number of nitrogens with zero attached hydrogens (tertiary/aromatic N) is 2. The van der Waals surface area contributed by atoms with Crippen molar-refractivity contribution >= 4 is 33.2 Å². The Morgan fingerprint density at radius 1 is 1.53 bits per heavy atom. The molecule has 1 fully saturated rings. The van der Waals surface area contributed by atoms with Crippen molar-refractivity contribution in [3.63, 3.8) is 0 Å². The van der Waals surface area contributed by atoms with Crippen molar-refractivity contribution in [2.24, 2.45) is 0 Å². The van der Waals surface area contributed by atoms with Crippen LogP contribution in [0.25, 0.3) is 0 Å². The Labute approximate surface area is 120 Å². The van der Waals surface area contributed by atoms with Crippen LogP contribution in [0.5, 0.6) is 0 Å². The molecule has 1 saturated heterocycles. The number of nitrogens with two attached hydrogens (primary N) is 1. The first-order valence-corrected chi connectivity index (χ1v) is 6.91. The van der Waals surface area contributed by atoms with E-state index >= 15 is 0 Å². The molecule has 0 saturated carbocycles. The van der Waals surface area contributed by atoms with Gasteiger partial charge in [0, 0.05) is 19.3 Å². The number of aromatic nitrogens is 1. The highest BCUT2D eigenvalue weighted by atomic mass is 79.9. The number of hydrogen-bond acceptors (Lipinski definition) is 5. The summed E-state index contributed by atoms with van der Waals surface area (Å²) in [7, 11) is 0. The zero-order chi connectivity index (χ0) is 13.8. The fraction of sp³-hybridized carbons (Fsp3) is 0.500. The smallest absolute Gasteiger partial charge is 0.244 e. The molecule has 0 radical (unpaired) electrons. The Kier molecular flexibility index (Phi) is 4.60. The summed E-state index contributed by atoms with van der Waals surface area (Å²) in [5.74, 6) is 0.0476. The van der Waals surface area contributed by atoms with Crippen LogP contribution < -0.4 is 11.1 Å². The first-order chi connectivity index (χ1) is 9.09. The topological polar surface area (TPSA) is 80.5 Å². The van der Waals surface area contributed by atoms with E-state index in [1.807, 2.05) is 6.92 Å². The van der Waals surface area contributed by atoms with E-state index in [0.717, 1.165) is 4.47 Å². The number of ether oxygens (including phenoxy) is 1. The second-order valence-electron chi connectivity index (χ2n) is 4.39. The molecule has 1 amide bonds. The van der Waals surface area contributed by atoms with Crippen molar-refractivity contribution in [2.75, 3.05) is 37.4 Å². The molecule has 19 heavy (non-hydrogen) atoms. The Balaban J connectivity index is 2.03. The van der Waals surface area contributed by atoms with Gasteiger partial charge in [-0.15, -0.1) is 0 Å². The predicted molar refractivity (Wildman–Crippen MR) is 76.8 cm³/mol.